The molecule has 1 amide bonds. The first-order valence-electron chi connectivity index (χ1n) is 7.83. The fourth-order valence-corrected chi connectivity index (χ4v) is 4.38. The Balaban J connectivity index is 1.94. The Kier molecular flexibility index (Phi) is 5.05. The predicted octanol–water partition coefficient (Wildman–Crippen LogP) is 3.93. The van der Waals surface area contributed by atoms with Gasteiger partial charge < -0.3 is 10.1 Å². The van der Waals surface area contributed by atoms with E-state index in [-0.39, 0.29) is 18.0 Å². The SMILES string of the molecule is CC(C)OC(=O)c1c(NC(=O)c2[nH]ncc2Br)sc2c1CCCC2. The first kappa shape index (κ1) is 17.2. The lowest BCUT2D eigenvalue weighted by Crippen LogP contribution is -2.18. The molecule has 0 unspecified atom stereocenters. The summed E-state index contributed by atoms with van der Waals surface area (Å²) in [7, 11) is 0. The highest BCUT2D eigenvalue weighted by Gasteiger charge is 2.28. The molecule has 0 saturated heterocycles. The van der Waals surface area contributed by atoms with E-state index >= 15 is 0 Å². The molecule has 0 radical (unpaired) electrons. The Morgan fingerprint density at radius 1 is 1.38 bits per heavy atom. The number of nitrogens with zero attached hydrogens (tertiary/aromatic N) is 1. The molecule has 0 aromatic carbocycles. The molecule has 6 nitrogen and oxygen atoms in total. The maximum Gasteiger partial charge on any atom is 0.341 e. The first-order valence-corrected chi connectivity index (χ1v) is 9.44. The van der Waals surface area contributed by atoms with Crippen LogP contribution in [0.2, 0.25) is 0 Å². The Bertz CT molecular complexity index is 782. The van der Waals surface area contributed by atoms with Crippen LogP contribution in [0.25, 0.3) is 0 Å². The van der Waals surface area contributed by atoms with Crippen molar-refractivity contribution >= 4 is 44.1 Å². The Hall–Kier alpha value is -1.67. The predicted molar refractivity (Wildman–Crippen MR) is 95.8 cm³/mol. The summed E-state index contributed by atoms with van der Waals surface area (Å²) in [6.07, 6.45) is 5.24. The first-order chi connectivity index (χ1) is 11.5. The molecule has 8 heteroatoms. The number of esters is 1. The zero-order valence-corrected chi connectivity index (χ0v) is 15.8. The van der Waals surface area contributed by atoms with Crippen molar-refractivity contribution in [3.63, 3.8) is 0 Å². The number of thiophene rings is 1. The molecule has 0 atom stereocenters. The minimum Gasteiger partial charge on any atom is -0.459 e. The maximum atomic E-state index is 12.5. The highest BCUT2D eigenvalue weighted by Crippen LogP contribution is 2.39. The van der Waals surface area contributed by atoms with E-state index in [4.69, 9.17) is 4.74 Å². The number of aromatic amines is 1. The Labute approximate surface area is 152 Å². The van der Waals surface area contributed by atoms with Crippen molar-refractivity contribution in [3.8, 4) is 0 Å². The zero-order valence-electron chi connectivity index (χ0n) is 13.4. The van der Waals surface area contributed by atoms with E-state index in [1.54, 1.807) is 0 Å². The topological polar surface area (TPSA) is 84.1 Å². The van der Waals surface area contributed by atoms with Gasteiger partial charge in [-0.05, 0) is 61.0 Å². The number of carbonyl (C=O) groups excluding carboxylic acids is 2. The third-order valence-corrected chi connectivity index (χ3v) is 5.57. The van der Waals surface area contributed by atoms with Gasteiger partial charge in [0.2, 0.25) is 0 Å². The van der Waals surface area contributed by atoms with Crippen LogP contribution >= 0.6 is 27.3 Å². The second kappa shape index (κ2) is 7.06. The second-order valence-corrected chi connectivity index (χ2v) is 7.88. The summed E-state index contributed by atoms with van der Waals surface area (Å²) < 4.78 is 5.96. The van der Waals surface area contributed by atoms with Crippen LogP contribution in [-0.4, -0.2) is 28.2 Å². The van der Waals surface area contributed by atoms with Crippen LogP contribution in [0.5, 0.6) is 0 Å². The average Bonchev–Trinajstić information content (AvgIpc) is 3.09. The van der Waals surface area contributed by atoms with E-state index in [9.17, 15) is 9.59 Å². The average molecular weight is 412 g/mol. The molecule has 128 valence electrons. The van der Waals surface area contributed by atoms with Crippen LogP contribution < -0.4 is 5.32 Å². The molecule has 24 heavy (non-hydrogen) atoms. The molecule has 3 rings (SSSR count). The summed E-state index contributed by atoms with van der Waals surface area (Å²) in [6.45, 7) is 3.63. The molecule has 0 saturated carbocycles. The molecule has 1 aliphatic carbocycles. The van der Waals surface area contributed by atoms with Gasteiger partial charge in [0, 0.05) is 4.88 Å². The number of aryl methyl sites for hydroxylation is 1. The minimum atomic E-state index is -0.372. The Morgan fingerprint density at radius 3 is 2.79 bits per heavy atom. The summed E-state index contributed by atoms with van der Waals surface area (Å²) in [5.74, 6) is -0.708. The second-order valence-electron chi connectivity index (χ2n) is 5.92. The fourth-order valence-electron chi connectivity index (χ4n) is 2.74. The molecule has 1 aliphatic rings. The number of hydrogen-bond acceptors (Lipinski definition) is 5. The standard InChI is InChI=1S/C16H18BrN3O3S/c1-8(2)23-16(22)12-9-5-3-4-6-11(9)24-15(12)19-14(21)13-10(17)7-18-20-13/h7-8H,3-6H2,1-2H3,(H,18,20)(H,19,21). The van der Waals surface area contributed by atoms with Crippen molar-refractivity contribution in [2.24, 2.45) is 0 Å². The number of fused-ring (bicyclic) bond motifs is 1. The summed E-state index contributed by atoms with van der Waals surface area (Å²) in [5.41, 5.74) is 1.85. The van der Waals surface area contributed by atoms with Gasteiger partial charge in [-0.2, -0.15) is 5.10 Å². The lowest BCUT2D eigenvalue weighted by molar-refractivity contribution is 0.0378. The number of hydrogen-bond donors (Lipinski definition) is 2. The number of rotatable bonds is 4. The van der Waals surface area contributed by atoms with Crippen molar-refractivity contribution in [2.75, 3.05) is 5.32 Å². The van der Waals surface area contributed by atoms with Gasteiger partial charge in [-0.1, -0.05) is 0 Å². The van der Waals surface area contributed by atoms with Gasteiger partial charge in [0.25, 0.3) is 5.91 Å². The van der Waals surface area contributed by atoms with E-state index in [0.29, 0.717) is 20.7 Å². The molecule has 2 heterocycles. The highest BCUT2D eigenvalue weighted by molar-refractivity contribution is 9.10. The largest absolute Gasteiger partial charge is 0.459 e. The molecule has 0 fully saturated rings. The van der Waals surface area contributed by atoms with Crippen LogP contribution in [0.4, 0.5) is 5.00 Å². The molecule has 0 bridgehead atoms. The zero-order chi connectivity index (χ0) is 17.3. The van der Waals surface area contributed by atoms with Crippen LogP contribution in [0.1, 0.15) is 58.0 Å². The van der Waals surface area contributed by atoms with E-state index in [2.05, 4.69) is 31.4 Å². The van der Waals surface area contributed by atoms with E-state index in [0.717, 1.165) is 36.1 Å². The molecular formula is C16H18BrN3O3S. The van der Waals surface area contributed by atoms with Gasteiger partial charge in [0.1, 0.15) is 10.7 Å². The maximum absolute atomic E-state index is 12.5. The van der Waals surface area contributed by atoms with Crippen LogP contribution in [0.15, 0.2) is 10.7 Å². The number of ether oxygens (including phenoxy) is 1. The van der Waals surface area contributed by atoms with E-state index in [1.807, 2.05) is 13.8 Å². The number of aromatic nitrogens is 2. The number of amides is 1. The van der Waals surface area contributed by atoms with Gasteiger partial charge >= 0.3 is 5.97 Å². The summed E-state index contributed by atoms with van der Waals surface area (Å²) in [6, 6.07) is 0. The quantitative estimate of drug-likeness (QED) is 0.746. The third-order valence-electron chi connectivity index (χ3n) is 3.77. The number of anilines is 1. The van der Waals surface area contributed by atoms with Crippen molar-refractivity contribution in [2.45, 2.75) is 45.6 Å². The smallest absolute Gasteiger partial charge is 0.341 e. The van der Waals surface area contributed by atoms with Crippen molar-refractivity contribution in [1.29, 1.82) is 0 Å². The van der Waals surface area contributed by atoms with Gasteiger partial charge in [0.05, 0.1) is 22.3 Å². The third kappa shape index (κ3) is 3.39. The minimum absolute atomic E-state index is 0.207. The van der Waals surface area contributed by atoms with E-state index in [1.165, 1.54) is 17.5 Å². The van der Waals surface area contributed by atoms with Gasteiger partial charge in [-0.3, -0.25) is 9.89 Å². The normalized spacial score (nSPS) is 13.7. The van der Waals surface area contributed by atoms with Crippen molar-refractivity contribution < 1.29 is 14.3 Å². The lowest BCUT2D eigenvalue weighted by Gasteiger charge is -2.14. The monoisotopic (exact) mass is 411 g/mol. The van der Waals surface area contributed by atoms with Crippen molar-refractivity contribution in [3.05, 3.63) is 32.4 Å². The number of H-pyrrole nitrogens is 1. The van der Waals surface area contributed by atoms with Crippen LogP contribution in [0, 0.1) is 0 Å². The van der Waals surface area contributed by atoms with Gasteiger partial charge in [-0.15, -0.1) is 11.3 Å². The van der Waals surface area contributed by atoms with Gasteiger partial charge in [-0.25, -0.2) is 4.79 Å². The van der Waals surface area contributed by atoms with Crippen LogP contribution in [-0.2, 0) is 17.6 Å². The fraction of sp³-hybridized carbons (Fsp3) is 0.438. The molecule has 0 aliphatic heterocycles. The van der Waals surface area contributed by atoms with Crippen molar-refractivity contribution in [1.82, 2.24) is 10.2 Å². The molecule has 2 N–H and O–H groups in total. The van der Waals surface area contributed by atoms with Gasteiger partial charge in [0.15, 0.2) is 0 Å². The van der Waals surface area contributed by atoms with Crippen LogP contribution in [0.3, 0.4) is 0 Å². The number of halogens is 1. The molecule has 2 aromatic rings. The summed E-state index contributed by atoms with van der Waals surface area (Å²) in [4.78, 5) is 26.2. The lowest BCUT2D eigenvalue weighted by atomic mass is 9.95. The summed E-state index contributed by atoms with van der Waals surface area (Å²) in [5, 5.41) is 9.87. The molecule has 0 spiro atoms. The molecule has 2 aromatic heterocycles. The summed E-state index contributed by atoms with van der Waals surface area (Å²) >= 11 is 4.74. The highest BCUT2D eigenvalue weighted by atomic mass is 79.9. The molecular weight excluding hydrogens is 394 g/mol. The Morgan fingerprint density at radius 2 is 2.12 bits per heavy atom. The van der Waals surface area contributed by atoms with E-state index < -0.39 is 0 Å². The number of carbonyl (C=O) groups is 2. The number of nitrogens with one attached hydrogen (secondary N) is 2.